The number of carbonyl (C=O) groups is 2. The first-order valence-corrected chi connectivity index (χ1v) is 11.2. The van der Waals surface area contributed by atoms with Crippen LogP contribution in [0.4, 0.5) is 0 Å². The van der Waals surface area contributed by atoms with E-state index >= 15 is 0 Å². The molecule has 8 nitrogen and oxygen atoms in total. The first-order valence-electron chi connectivity index (χ1n) is 11.2. The first-order chi connectivity index (χ1) is 15.7. The lowest BCUT2D eigenvalue weighted by atomic mass is 9.85. The number of guanidine groups is 1. The van der Waals surface area contributed by atoms with Crippen molar-refractivity contribution in [2.75, 3.05) is 20.1 Å². The molecule has 4 unspecified atom stereocenters. The van der Waals surface area contributed by atoms with Crippen LogP contribution in [0.1, 0.15) is 18.7 Å². The molecule has 3 N–H and O–H groups in total. The number of nitrogens with zero attached hydrogens (tertiary/aromatic N) is 3. The van der Waals surface area contributed by atoms with Crippen LogP contribution in [0.15, 0.2) is 53.7 Å². The highest BCUT2D eigenvalue weighted by atomic mass is 127. The normalized spacial score (nSPS) is 25.4. The van der Waals surface area contributed by atoms with Crippen molar-refractivity contribution in [1.29, 1.82) is 0 Å². The number of nitrogens with one attached hydrogen (secondary N) is 3. The second kappa shape index (κ2) is 10.1. The molecule has 4 atom stereocenters. The molecule has 2 amide bonds. The van der Waals surface area contributed by atoms with Gasteiger partial charge in [0.05, 0.1) is 30.3 Å². The fourth-order valence-corrected chi connectivity index (χ4v) is 5.23. The van der Waals surface area contributed by atoms with Gasteiger partial charge in [-0.1, -0.05) is 42.5 Å². The van der Waals surface area contributed by atoms with Gasteiger partial charge in [-0.05, 0) is 30.2 Å². The van der Waals surface area contributed by atoms with Crippen LogP contribution < -0.4 is 10.6 Å². The van der Waals surface area contributed by atoms with Gasteiger partial charge in [-0.2, -0.15) is 0 Å². The molecule has 1 aromatic carbocycles. The minimum Gasteiger partial charge on any atom is -0.356 e. The van der Waals surface area contributed by atoms with Gasteiger partial charge in [-0.3, -0.25) is 19.5 Å². The van der Waals surface area contributed by atoms with Crippen molar-refractivity contribution in [2.24, 2.45) is 28.7 Å². The van der Waals surface area contributed by atoms with Crippen LogP contribution in [0.2, 0.25) is 0 Å². The fourth-order valence-electron chi connectivity index (χ4n) is 5.23. The maximum Gasteiger partial charge on any atom is 0.233 e. The zero-order chi connectivity index (χ0) is 22.1. The topological polar surface area (TPSA) is 102 Å². The van der Waals surface area contributed by atoms with Crippen molar-refractivity contribution in [3.63, 3.8) is 0 Å². The molecule has 2 aromatic rings. The number of hydrogen-bond acceptors (Lipinski definition) is 4. The molecule has 2 aliphatic carbocycles. The zero-order valence-electron chi connectivity index (χ0n) is 18.5. The number of aromatic amines is 1. The third-order valence-electron chi connectivity index (χ3n) is 6.77. The number of aromatic nitrogens is 2. The van der Waals surface area contributed by atoms with Crippen LogP contribution in [0.5, 0.6) is 0 Å². The van der Waals surface area contributed by atoms with Crippen molar-refractivity contribution in [3.8, 4) is 11.3 Å². The standard InChI is InChI=1S/C24H28N6O2.HI/c1-25-24(28-14-19-27-13-18(29-19)15-6-3-2-4-7-15)26-10-5-11-30-22(31)20-16-8-9-17(12-16)21(20)23(30)32;/h2-4,6-9,13,16-17,20-21H,5,10-12,14H2,1H3,(H,27,29)(H2,25,26,28);1H. The minimum atomic E-state index is -0.117. The maximum atomic E-state index is 12.7. The summed E-state index contributed by atoms with van der Waals surface area (Å²) in [6.07, 6.45) is 7.72. The smallest absolute Gasteiger partial charge is 0.233 e. The number of fused-ring (bicyclic) bond motifs is 5. The zero-order valence-corrected chi connectivity index (χ0v) is 20.9. The molecule has 1 aliphatic heterocycles. The van der Waals surface area contributed by atoms with Gasteiger partial charge < -0.3 is 15.6 Å². The molecule has 2 bridgehead atoms. The molecular weight excluding hydrogens is 531 g/mol. The average Bonchev–Trinajstić information content (AvgIpc) is 3.60. The molecule has 2 fully saturated rings. The number of benzene rings is 1. The van der Waals surface area contributed by atoms with E-state index in [9.17, 15) is 9.59 Å². The summed E-state index contributed by atoms with van der Waals surface area (Å²) in [6, 6.07) is 10.1. The summed E-state index contributed by atoms with van der Waals surface area (Å²) in [5.41, 5.74) is 2.06. The number of likely N-dealkylation sites (tertiary alicyclic amines) is 1. The van der Waals surface area contributed by atoms with Gasteiger partial charge in [0.1, 0.15) is 5.82 Å². The third-order valence-corrected chi connectivity index (χ3v) is 6.77. The van der Waals surface area contributed by atoms with Crippen molar-refractivity contribution in [1.82, 2.24) is 25.5 Å². The predicted molar refractivity (Wildman–Crippen MR) is 137 cm³/mol. The minimum absolute atomic E-state index is 0. The van der Waals surface area contributed by atoms with Crippen LogP contribution in [0.25, 0.3) is 11.3 Å². The van der Waals surface area contributed by atoms with Crippen LogP contribution in [-0.2, 0) is 16.1 Å². The lowest BCUT2D eigenvalue weighted by Gasteiger charge is -2.17. The Labute approximate surface area is 210 Å². The number of allylic oxidation sites excluding steroid dienone is 2. The Morgan fingerprint density at radius 2 is 1.82 bits per heavy atom. The molecule has 1 aromatic heterocycles. The van der Waals surface area contributed by atoms with Crippen LogP contribution in [-0.4, -0.2) is 52.8 Å². The molecule has 1 saturated carbocycles. The lowest BCUT2D eigenvalue weighted by molar-refractivity contribution is -0.140. The number of imide groups is 1. The summed E-state index contributed by atoms with van der Waals surface area (Å²) in [4.78, 5) is 38.9. The Morgan fingerprint density at radius 3 is 2.48 bits per heavy atom. The number of aliphatic imine (C=N–C) groups is 1. The van der Waals surface area contributed by atoms with E-state index in [0.29, 0.717) is 32.0 Å². The van der Waals surface area contributed by atoms with Gasteiger partial charge in [0, 0.05) is 20.1 Å². The Kier molecular flexibility index (Phi) is 7.16. The SMILES string of the molecule is CN=C(NCCCN1C(=O)C2C3C=CC(C3)C2C1=O)NCc1ncc(-c2ccccc2)[nH]1.I. The summed E-state index contributed by atoms with van der Waals surface area (Å²) in [5.74, 6) is 1.80. The van der Waals surface area contributed by atoms with Crippen molar-refractivity contribution in [3.05, 3.63) is 54.5 Å². The number of rotatable bonds is 7. The summed E-state index contributed by atoms with van der Waals surface area (Å²) in [5, 5.41) is 6.49. The number of amides is 2. The molecule has 174 valence electrons. The van der Waals surface area contributed by atoms with Gasteiger partial charge in [-0.15, -0.1) is 24.0 Å². The molecule has 9 heteroatoms. The molecule has 2 heterocycles. The highest BCUT2D eigenvalue weighted by Gasteiger charge is 2.58. The number of carbonyl (C=O) groups excluding carboxylic acids is 2. The molecule has 33 heavy (non-hydrogen) atoms. The van der Waals surface area contributed by atoms with E-state index in [1.165, 1.54) is 4.90 Å². The second-order valence-electron chi connectivity index (χ2n) is 8.64. The fraction of sp³-hybridized carbons (Fsp3) is 0.417. The average molecular weight is 560 g/mol. The van der Waals surface area contributed by atoms with Crippen LogP contribution >= 0.6 is 24.0 Å². The van der Waals surface area contributed by atoms with Crippen LogP contribution in [0, 0.1) is 23.7 Å². The third kappa shape index (κ3) is 4.55. The highest BCUT2D eigenvalue weighted by Crippen LogP contribution is 2.52. The molecule has 5 rings (SSSR count). The van der Waals surface area contributed by atoms with E-state index in [4.69, 9.17) is 0 Å². The van der Waals surface area contributed by atoms with E-state index in [0.717, 1.165) is 23.5 Å². The number of imidazole rings is 1. The second-order valence-corrected chi connectivity index (χ2v) is 8.64. The van der Waals surface area contributed by atoms with E-state index in [1.54, 1.807) is 7.05 Å². The Bertz CT molecular complexity index is 1040. The van der Waals surface area contributed by atoms with E-state index < -0.39 is 0 Å². The van der Waals surface area contributed by atoms with Crippen LogP contribution in [0.3, 0.4) is 0 Å². The largest absolute Gasteiger partial charge is 0.356 e. The van der Waals surface area contributed by atoms with Crippen molar-refractivity contribution < 1.29 is 9.59 Å². The van der Waals surface area contributed by atoms with E-state index in [1.807, 2.05) is 36.5 Å². The predicted octanol–water partition coefficient (Wildman–Crippen LogP) is 2.56. The molecule has 0 spiro atoms. The highest BCUT2D eigenvalue weighted by molar-refractivity contribution is 14.0. The van der Waals surface area contributed by atoms with Gasteiger partial charge >= 0.3 is 0 Å². The molecule has 3 aliphatic rings. The number of H-pyrrole nitrogens is 1. The van der Waals surface area contributed by atoms with Gasteiger partial charge in [0.25, 0.3) is 0 Å². The summed E-state index contributed by atoms with van der Waals surface area (Å²) in [7, 11) is 1.71. The van der Waals surface area contributed by atoms with Gasteiger partial charge in [0.2, 0.25) is 11.8 Å². The van der Waals surface area contributed by atoms with Crippen molar-refractivity contribution in [2.45, 2.75) is 19.4 Å². The maximum absolute atomic E-state index is 12.7. The monoisotopic (exact) mass is 560 g/mol. The molecule has 1 saturated heterocycles. The van der Waals surface area contributed by atoms with Crippen molar-refractivity contribution >= 4 is 41.8 Å². The summed E-state index contributed by atoms with van der Waals surface area (Å²) in [6.45, 7) is 1.58. The summed E-state index contributed by atoms with van der Waals surface area (Å²) >= 11 is 0. The van der Waals surface area contributed by atoms with Gasteiger partial charge in [0.15, 0.2) is 5.96 Å². The number of halogens is 1. The molecular formula is C24H29IN6O2. The summed E-state index contributed by atoms with van der Waals surface area (Å²) < 4.78 is 0. The Hall–Kier alpha value is -2.69. The molecule has 0 radical (unpaired) electrons. The quantitative estimate of drug-likeness (QED) is 0.121. The van der Waals surface area contributed by atoms with Gasteiger partial charge in [-0.25, -0.2) is 4.98 Å². The lowest BCUT2D eigenvalue weighted by Crippen LogP contribution is -2.39. The number of hydrogen-bond donors (Lipinski definition) is 3. The Balaban J connectivity index is 0.00000259. The van der Waals surface area contributed by atoms with E-state index in [2.05, 4.69) is 37.7 Å². The van der Waals surface area contributed by atoms with E-state index in [-0.39, 0.29) is 59.5 Å². The first kappa shape index (κ1) is 23.5. The Morgan fingerprint density at radius 1 is 1.12 bits per heavy atom.